The Morgan fingerprint density at radius 2 is 2.13 bits per heavy atom. The van der Waals surface area contributed by atoms with Crippen molar-refractivity contribution in [2.24, 2.45) is 0 Å². The summed E-state index contributed by atoms with van der Waals surface area (Å²) < 4.78 is 5.14. The van der Waals surface area contributed by atoms with Crippen molar-refractivity contribution in [2.75, 3.05) is 25.5 Å². The highest BCUT2D eigenvalue weighted by Crippen LogP contribution is 2.22. The van der Waals surface area contributed by atoms with Crippen LogP contribution in [-0.2, 0) is 0 Å². The number of aromatic amines is 1. The molecule has 0 saturated carbocycles. The summed E-state index contributed by atoms with van der Waals surface area (Å²) in [6, 6.07) is 6.21. The van der Waals surface area contributed by atoms with E-state index in [1.54, 1.807) is 25.1 Å². The van der Waals surface area contributed by atoms with E-state index in [1.165, 1.54) is 13.2 Å². The van der Waals surface area contributed by atoms with E-state index in [4.69, 9.17) is 16.3 Å². The smallest absolute Gasteiger partial charge is 0.255 e. The van der Waals surface area contributed by atoms with E-state index in [2.05, 4.69) is 20.6 Å². The van der Waals surface area contributed by atoms with Gasteiger partial charge in [-0.2, -0.15) is 0 Å². The van der Waals surface area contributed by atoms with Crippen LogP contribution in [0.2, 0.25) is 5.02 Å². The number of methoxy groups -OCH3 is 1. The number of H-pyrrole nitrogens is 1. The van der Waals surface area contributed by atoms with Gasteiger partial charge in [0.1, 0.15) is 5.75 Å². The van der Waals surface area contributed by atoms with Crippen LogP contribution in [-0.4, -0.2) is 36.1 Å². The highest BCUT2D eigenvalue weighted by molar-refractivity contribution is 6.30. The minimum Gasteiger partial charge on any atom is -0.496 e. The van der Waals surface area contributed by atoms with Gasteiger partial charge in [-0.05, 0) is 25.1 Å². The zero-order valence-electron chi connectivity index (χ0n) is 12.8. The number of aryl methyl sites for hydroxylation is 1. The molecule has 3 N–H and O–H groups in total. The van der Waals surface area contributed by atoms with Crippen molar-refractivity contribution in [1.82, 2.24) is 15.3 Å². The number of hydrogen-bond acceptors (Lipinski definition) is 5. The molecule has 0 saturated heterocycles. The molecule has 0 fully saturated rings. The lowest BCUT2D eigenvalue weighted by Gasteiger charge is -2.10. The molecule has 8 heteroatoms. The second kappa shape index (κ2) is 7.64. The van der Waals surface area contributed by atoms with E-state index in [0.29, 0.717) is 41.1 Å². The molecule has 1 amide bonds. The molecule has 122 valence electrons. The van der Waals surface area contributed by atoms with Gasteiger partial charge in [-0.25, -0.2) is 4.98 Å². The summed E-state index contributed by atoms with van der Waals surface area (Å²) >= 11 is 5.86. The molecule has 1 aromatic heterocycles. The van der Waals surface area contributed by atoms with Gasteiger partial charge in [0.25, 0.3) is 11.5 Å². The molecular formula is C15H17ClN4O3. The Balaban J connectivity index is 1.89. The van der Waals surface area contributed by atoms with Crippen LogP contribution in [0.25, 0.3) is 0 Å². The van der Waals surface area contributed by atoms with Gasteiger partial charge in [0.15, 0.2) is 0 Å². The highest BCUT2D eigenvalue weighted by atomic mass is 35.5. The summed E-state index contributed by atoms with van der Waals surface area (Å²) in [5.74, 6) is 0.506. The first-order chi connectivity index (χ1) is 11.0. The number of halogens is 1. The van der Waals surface area contributed by atoms with Crippen LogP contribution < -0.4 is 20.9 Å². The Labute approximate surface area is 138 Å². The van der Waals surface area contributed by atoms with E-state index in [0.717, 1.165) is 0 Å². The summed E-state index contributed by atoms with van der Waals surface area (Å²) in [5.41, 5.74) is 0.792. The average Bonchev–Trinajstić information content (AvgIpc) is 2.50. The molecule has 23 heavy (non-hydrogen) atoms. The van der Waals surface area contributed by atoms with Gasteiger partial charge >= 0.3 is 0 Å². The second-order valence-electron chi connectivity index (χ2n) is 4.76. The molecule has 0 unspecified atom stereocenters. The Bertz CT molecular complexity index is 761. The summed E-state index contributed by atoms with van der Waals surface area (Å²) in [5, 5.41) is 6.18. The fourth-order valence-corrected chi connectivity index (χ4v) is 2.13. The third-order valence-electron chi connectivity index (χ3n) is 2.98. The molecule has 0 aliphatic carbocycles. The quantitative estimate of drug-likeness (QED) is 0.696. The van der Waals surface area contributed by atoms with E-state index in [9.17, 15) is 9.59 Å². The number of carbonyl (C=O) groups excluding carboxylic acids is 1. The maximum absolute atomic E-state index is 12.1. The van der Waals surface area contributed by atoms with Crippen molar-refractivity contribution in [2.45, 2.75) is 6.92 Å². The molecule has 7 nitrogen and oxygen atoms in total. The molecule has 0 radical (unpaired) electrons. The molecule has 0 aliphatic rings. The van der Waals surface area contributed by atoms with Gasteiger partial charge in [0, 0.05) is 29.9 Å². The van der Waals surface area contributed by atoms with Crippen LogP contribution in [0, 0.1) is 6.92 Å². The monoisotopic (exact) mass is 336 g/mol. The van der Waals surface area contributed by atoms with E-state index < -0.39 is 0 Å². The number of nitrogens with zero attached hydrogens (tertiary/aromatic N) is 1. The van der Waals surface area contributed by atoms with Crippen LogP contribution in [0.3, 0.4) is 0 Å². The fraction of sp³-hybridized carbons (Fsp3) is 0.267. The van der Waals surface area contributed by atoms with Crippen molar-refractivity contribution in [3.05, 3.63) is 50.9 Å². The highest BCUT2D eigenvalue weighted by Gasteiger charge is 2.12. The molecule has 0 atom stereocenters. The molecule has 2 aromatic rings. The van der Waals surface area contributed by atoms with E-state index in [-0.39, 0.29) is 11.5 Å². The topological polar surface area (TPSA) is 96.1 Å². The predicted molar refractivity (Wildman–Crippen MR) is 88.4 cm³/mol. The molecule has 2 rings (SSSR count). The summed E-state index contributed by atoms with van der Waals surface area (Å²) in [4.78, 5) is 30.1. The number of aromatic nitrogens is 2. The zero-order valence-corrected chi connectivity index (χ0v) is 13.5. The molecule has 0 spiro atoms. The molecule has 1 aromatic carbocycles. The first kappa shape index (κ1) is 16.8. The van der Waals surface area contributed by atoms with Crippen molar-refractivity contribution >= 4 is 23.5 Å². The number of hydrogen-bond donors (Lipinski definition) is 3. The Morgan fingerprint density at radius 3 is 2.83 bits per heavy atom. The fourth-order valence-electron chi connectivity index (χ4n) is 1.97. The largest absolute Gasteiger partial charge is 0.496 e. The van der Waals surface area contributed by atoms with Crippen LogP contribution in [0.5, 0.6) is 5.75 Å². The lowest BCUT2D eigenvalue weighted by molar-refractivity contribution is 0.0952. The number of carbonyl (C=O) groups is 1. The van der Waals surface area contributed by atoms with Crippen LogP contribution in [0.4, 0.5) is 5.95 Å². The maximum atomic E-state index is 12.1. The van der Waals surface area contributed by atoms with Gasteiger partial charge in [0.2, 0.25) is 5.95 Å². The summed E-state index contributed by atoms with van der Waals surface area (Å²) in [6.07, 6.45) is 0. The van der Waals surface area contributed by atoms with Crippen LogP contribution >= 0.6 is 11.6 Å². The zero-order chi connectivity index (χ0) is 16.8. The van der Waals surface area contributed by atoms with Gasteiger partial charge in [-0.1, -0.05) is 11.6 Å². The number of anilines is 1. The Morgan fingerprint density at radius 1 is 1.35 bits per heavy atom. The third-order valence-corrected chi connectivity index (χ3v) is 3.22. The number of rotatable bonds is 6. The maximum Gasteiger partial charge on any atom is 0.255 e. The summed E-state index contributed by atoms with van der Waals surface area (Å²) in [6.45, 7) is 2.49. The lowest BCUT2D eigenvalue weighted by atomic mass is 10.2. The average molecular weight is 337 g/mol. The minimum atomic E-state index is -0.272. The molecule has 0 aliphatic heterocycles. The predicted octanol–water partition coefficient (Wildman–Crippen LogP) is 1.58. The van der Waals surface area contributed by atoms with Gasteiger partial charge in [-0.3, -0.25) is 14.6 Å². The second-order valence-corrected chi connectivity index (χ2v) is 5.20. The number of nitrogens with one attached hydrogen (secondary N) is 3. The van der Waals surface area contributed by atoms with Crippen LogP contribution in [0.15, 0.2) is 29.1 Å². The van der Waals surface area contributed by atoms with Gasteiger partial charge in [-0.15, -0.1) is 0 Å². The number of benzene rings is 1. The normalized spacial score (nSPS) is 10.2. The third kappa shape index (κ3) is 4.72. The summed E-state index contributed by atoms with van der Waals surface area (Å²) in [7, 11) is 1.48. The first-order valence-electron chi connectivity index (χ1n) is 6.93. The van der Waals surface area contributed by atoms with Gasteiger partial charge < -0.3 is 15.4 Å². The van der Waals surface area contributed by atoms with Crippen molar-refractivity contribution in [1.29, 1.82) is 0 Å². The molecular weight excluding hydrogens is 320 g/mol. The molecule has 0 bridgehead atoms. The van der Waals surface area contributed by atoms with Crippen molar-refractivity contribution in [3.63, 3.8) is 0 Å². The Kier molecular flexibility index (Phi) is 5.59. The Hall–Kier alpha value is -2.54. The van der Waals surface area contributed by atoms with E-state index >= 15 is 0 Å². The van der Waals surface area contributed by atoms with Gasteiger partial charge in [0.05, 0.1) is 12.7 Å². The van der Waals surface area contributed by atoms with E-state index in [1.807, 2.05) is 0 Å². The number of amides is 1. The van der Waals surface area contributed by atoms with Crippen LogP contribution in [0.1, 0.15) is 16.1 Å². The standard InChI is InChI=1S/C15H17ClN4O3/c1-9-7-13(21)20-15(19-9)18-6-5-17-14(22)11-4-3-10(16)8-12(11)23-2/h3-4,7-8H,5-6H2,1-2H3,(H,17,22)(H2,18,19,20,21). The SMILES string of the molecule is COc1cc(Cl)ccc1C(=O)NCCNc1nc(C)cc(=O)[nH]1. The van der Waals surface area contributed by atoms with Crippen molar-refractivity contribution in [3.8, 4) is 5.75 Å². The first-order valence-corrected chi connectivity index (χ1v) is 7.31. The lowest BCUT2D eigenvalue weighted by Crippen LogP contribution is -2.29. The molecule has 1 heterocycles. The number of ether oxygens (including phenoxy) is 1. The van der Waals surface area contributed by atoms with Crippen molar-refractivity contribution < 1.29 is 9.53 Å². The minimum absolute atomic E-state index is 0.227.